The molecule has 36 heavy (non-hydrogen) atoms. The molecule has 0 aromatic carbocycles. The van der Waals surface area contributed by atoms with Gasteiger partial charge in [-0.15, -0.1) is 4.67 Å². The maximum Gasteiger partial charge on any atom is 0.332 e. The van der Waals surface area contributed by atoms with Crippen LogP contribution in [0.3, 0.4) is 0 Å². The number of anilines is 1. The van der Waals surface area contributed by atoms with Crippen LogP contribution >= 0.6 is 8.09 Å². The van der Waals surface area contributed by atoms with Gasteiger partial charge in [0.25, 0.3) is 8.09 Å². The number of carboxylic acids is 1. The number of carbonyl (C=O) groups is 1. The Kier molecular flexibility index (Phi) is 7.68. The summed E-state index contributed by atoms with van der Waals surface area (Å²) in [6, 6.07) is -1.11. The molecule has 0 aliphatic carbocycles. The second-order valence-electron chi connectivity index (χ2n) is 8.54. The molecule has 2 aliphatic heterocycles. The summed E-state index contributed by atoms with van der Waals surface area (Å²) in [6.07, 6.45) is -2.88. The summed E-state index contributed by atoms with van der Waals surface area (Å²) in [7, 11) is -0.887. The quantitative estimate of drug-likeness (QED) is 0.284. The number of aliphatic carboxylic acids is 1. The predicted octanol–water partition coefficient (Wildman–Crippen LogP) is -1.57. The lowest BCUT2D eigenvalue weighted by Crippen LogP contribution is -2.46. The normalized spacial score (nSPS) is 30.6. The van der Waals surface area contributed by atoms with E-state index < -0.39 is 50.4 Å². The number of aliphatic hydroxyl groups excluding tert-OH is 1. The molecule has 4 rings (SSSR count). The van der Waals surface area contributed by atoms with Gasteiger partial charge in [0.2, 0.25) is 11.8 Å². The second-order valence-corrected chi connectivity index (χ2v) is 9.84. The van der Waals surface area contributed by atoms with E-state index in [0.29, 0.717) is 5.52 Å². The topological polar surface area (TPSA) is 223 Å². The third kappa shape index (κ3) is 5.12. The van der Waals surface area contributed by atoms with Crippen molar-refractivity contribution in [2.24, 2.45) is 4.74 Å². The van der Waals surface area contributed by atoms with E-state index in [1.54, 1.807) is 0 Å². The minimum Gasteiger partial charge on any atom is -0.595 e. The fraction of sp³-hybridized carbons (Fsp3) is 0.684. The summed E-state index contributed by atoms with van der Waals surface area (Å²) >= 11 is 0. The molecular weight excluding hydrogens is 501 g/mol. The Morgan fingerprint density at radius 3 is 2.94 bits per heavy atom. The van der Waals surface area contributed by atoms with Crippen molar-refractivity contribution in [3.05, 3.63) is 6.33 Å². The van der Waals surface area contributed by atoms with Gasteiger partial charge in [-0.1, -0.05) is 4.74 Å². The number of nitrogen functional groups attached to an aromatic ring is 1. The highest BCUT2D eigenvalue weighted by Crippen LogP contribution is 2.40. The zero-order valence-corrected chi connectivity index (χ0v) is 20.7. The van der Waals surface area contributed by atoms with Crippen molar-refractivity contribution in [1.82, 2.24) is 24.2 Å². The van der Waals surface area contributed by atoms with E-state index in [1.807, 2.05) is 0 Å². The summed E-state index contributed by atoms with van der Waals surface area (Å²) in [4.78, 5) is 35.7. The van der Waals surface area contributed by atoms with Crippen molar-refractivity contribution in [3.63, 3.8) is 0 Å². The first-order valence-corrected chi connectivity index (χ1v) is 12.2. The van der Waals surface area contributed by atoms with Crippen LogP contribution in [0.5, 0.6) is 5.88 Å². The van der Waals surface area contributed by atoms with Crippen LogP contribution < -0.4 is 15.4 Å². The first-order valence-electron chi connectivity index (χ1n) is 11.0. The molecule has 2 aromatic heterocycles. The number of methoxy groups -OCH3 is 1. The van der Waals surface area contributed by atoms with E-state index in [-0.39, 0.29) is 43.8 Å². The van der Waals surface area contributed by atoms with Gasteiger partial charge >= 0.3 is 5.97 Å². The zero-order valence-electron chi connectivity index (χ0n) is 19.8. The molecule has 3 unspecified atom stereocenters. The molecule has 0 spiro atoms. The van der Waals surface area contributed by atoms with Gasteiger partial charge in [0, 0.05) is 0 Å². The standard InChI is InChI=1S/C19H28N7O9P/c1-9(16(28)29)24-36(31)25-4-5-33-11(6-25)34-7-10-13(27)19(2,30)17(35-10)26-8-21-12-14(26)22-18(20)23-15(12)32-3/h8-11,13,17,27,30H,4-7H2,1-3H3,(H,28,29)(H2,20,22,23)/t9?,10-,11?,13-,17-,19-/m1/s1. The van der Waals surface area contributed by atoms with E-state index in [2.05, 4.69) is 19.7 Å². The Balaban J connectivity index is 1.45. The number of fused-ring (bicyclic) bond motifs is 1. The minimum atomic E-state index is -2.29. The van der Waals surface area contributed by atoms with Gasteiger partial charge in [0.1, 0.15) is 17.8 Å². The van der Waals surface area contributed by atoms with Gasteiger partial charge in [0.05, 0.1) is 39.7 Å². The molecule has 2 saturated heterocycles. The number of aromatic nitrogens is 4. The Hall–Kier alpha value is -2.56. The van der Waals surface area contributed by atoms with Crippen LogP contribution in [0.4, 0.5) is 5.95 Å². The number of rotatable bonds is 8. The molecule has 17 heteroatoms. The Labute approximate surface area is 206 Å². The summed E-state index contributed by atoms with van der Waals surface area (Å²) < 4.78 is 29.1. The SMILES string of the molecule is COc1nc(N)nc2c1ncn2[C@@H]1O[C@H](COC2CN(/[P+]([O-])=N/C(C)C(=O)O)CCO2)[C@@H](O)[C@@]1(C)O. The first kappa shape index (κ1) is 26.5. The number of imidazole rings is 1. The van der Waals surface area contributed by atoms with Crippen molar-refractivity contribution in [2.75, 3.05) is 39.1 Å². The molecule has 0 amide bonds. The van der Waals surface area contributed by atoms with Crippen LogP contribution in [0.25, 0.3) is 11.2 Å². The van der Waals surface area contributed by atoms with Crippen LogP contribution in [-0.2, 0) is 19.0 Å². The maximum atomic E-state index is 12.4. The highest BCUT2D eigenvalue weighted by molar-refractivity contribution is 7.36. The monoisotopic (exact) mass is 529 g/mol. The lowest BCUT2D eigenvalue weighted by Gasteiger charge is -2.29. The Morgan fingerprint density at radius 2 is 2.25 bits per heavy atom. The average molecular weight is 529 g/mol. The molecule has 7 atom stereocenters. The zero-order chi connectivity index (χ0) is 26.2. The summed E-state index contributed by atoms with van der Waals surface area (Å²) in [5.74, 6) is -1.09. The van der Waals surface area contributed by atoms with Crippen LogP contribution in [0, 0.1) is 0 Å². The molecule has 2 aliphatic rings. The number of hydrogen-bond acceptors (Lipinski definition) is 13. The smallest absolute Gasteiger partial charge is 0.332 e. The van der Waals surface area contributed by atoms with Crippen LogP contribution in [0.15, 0.2) is 11.1 Å². The van der Waals surface area contributed by atoms with Crippen molar-refractivity contribution in [1.29, 1.82) is 0 Å². The van der Waals surface area contributed by atoms with E-state index in [4.69, 9.17) is 29.8 Å². The Bertz CT molecular complexity index is 1150. The predicted molar refractivity (Wildman–Crippen MR) is 121 cm³/mol. The van der Waals surface area contributed by atoms with E-state index in [0.717, 1.165) is 0 Å². The third-order valence-electron chi connectivity index (χ3n) is 5.94. The highest BCUT2D eigenvalue weighted by Gasteiger charge is 2.54. The van der Waals surface area contributed by atoms with Crippen LogP contribution in [0.1, 0.15) is 20.1 Å². The largest absolute Gasteiger partial charge is 0.595 e. The molecule has 4 heterocycles. The van der Waals surface area contributed by atoms with Crippen molar-refractivity contribution < 1.29 is 44.0 Å². The third-order valence-corrected chi connectivity index (χ3v) is 7.33. The van der Waals surface area contributed by atoms with Crippen LogP contribution in [0.2, 0.25) is 0 Å². The maximum absolute atomic E-state index is 12.4. The molecule has 2 aromatic rings. The van der Waals surface area contributed by atoms with Gasteiger partial charge in [-0.05, 0) is 13.8 Å². The van der Waals surface area contributed by atoms with E-state index in [9.17, 15) is 19.9 Å². The molecule has 2 fully saturated rings. The van der Waals surface area contributed by atoms with Crippen molar-refractivity contribution in [2.45, 2.75) is 50.2 Å². The van der Waals surface area contributed by atoms with E-state index in [1.165, 1.54) is 36.5 Å². The highest BCUT2D eigenvalue weighted by atomic mass is 31.1. The number of nitrogens with zero attached hydrogens (tertiary/aromatic N) is 6. The number of nitrogens with two attached hydrogens (primary N) is 1. The van der Waals surface area contributed by atoms with Crippen molar-refractivity contribution >= 4 is 31.2 Å². The molecule has 0 radical (unpaired) electrons. The molecule has 198 valence electrons. The fourth-order valence-electron chi connectivity index (χ4n) is 3.93. The lowest BCUT2D eigenvalue weighted by molar-refractivity contribution is -0.204. The summed E-state index contributed by atoms with van der Waals surface area (Å²) in [6.45, 7) is 3.11. The van der Waals surface area contributed by atoms with Gasteiger partial charge in [-0.25, -0.2) is 9.78 Å². The second kappa shape index (κ2) is 10.4. The first-order chi connectivity index (χ1) is 17.0. The van der Waals surface area contributed by atoms with E-state index >= 15 is 0 Å². The molecule has 0 saturated carbocycles. The number of hydrogen-bond donors (Lipinski definition) is 4. The lowest BCUT2D eigenvalue weighted by atomic mass is 9.96. The Morgan fingerprint density at radius 1 is 1.50 bits per heavy atom. The van der Waals surface area contributed by atoms with Gasteiger partial charge in [-0.3, -0.25) is 4.57 Å². The fourth-order valence-corrected chi connectivity index (χ4v) is 5.00. The summed E-state index contributed by atoms with van der Waals surface area (Å²) in [5.41, 5.74) is 4.54. The molecule has 16 nitrogen and oxygen atoms in total. The number of aliphatic hydroxyl groups is 2. The summed E-state index contributed by atoms with van der Waals surface area (Å²) in [5, 5.41) is 30.8. The minimum absolute atomic E-state index is 0.0653. The van der Waals surface area contributed by atoms with Gasteiger partial charge < -0.3 is 44.9 Å². The van der Waals surface area contributed by atoms with Gasteiger partial charge in [-0.2, -0.15) is 9.97 Å². The molecule has 0 bridgehead atoms. The number of morpholine rings is 1. The molecular formula is C19H28N7O9P. The number of ether oxygens (including phenoxy) is 4. The number of carboxylic acid groups (broad SMARTS) is 1. The average Bonchev–Trinajstić information content (AvgIpc) is 3.35. The van der Waals surface area contributed by atoms with Crippen molar-refractivity contribution in [3.8, 4) is 5.88 Å². The van der Waals surface area contributed by atoms with Gasteiger partial charge in [0.15, 0.2) is 29.7 Å². The molecule has 5 N–H and O–H groups in total. The van der Waals surface area contributed by atoms with Crippen LogP contribution in [-0.4, -0.2) is 109 Å².